The van der Waals surface area contributed by atoms with E-state index in [-0.39, 0.29) is 29.5 Å². The SMILES string of the molecule is CNC1(c2cccc(-c3cccc(OC)c3F)c2)CC1.Cl. The third kappa shape index (κ3) is 2.76. The zero-order valence-corrected chi connectivity index (χ0v) is 13.0. The molecule has 1 N–H and O–H groups in total. The van der Waals surface area contributed by atoms with Crippen molar-refractivity contribution >= 4 is 12.4 Å². The van der Waals surface area contributed by atoms with E-state index >= 15 is 0 Å². The van der Waals surface area contributed by atoms with Crippen LogP contribution >= 0.6 is 12.4 Å². The second-order valence-corrected chi connectivity index (χ2v) is 5.23. The molecule has 112 valence electrons. The van der Waals surface area contributed by atoms with E-state index in [1.165, 1.54) is 12.7 Å². The Morgan fingerprint density at radius 3 is 2.48 bits per heavy atom. The first kappa shape index (κ1) is 15.8. The maximum Gasteiger partial charge on any atom is 0.172 e. The summed E-state index contributed by atoms with van der Waals surface area (Å²) in [5.41, 5.74) is 2.78. The fraction of sp³-hybridized carbons (Fsp3) is 0.294. The van der Waals surface area contributed by atoms with Gasteiger partial charge < -0.3 is 10.1 Å². The van der Waals surface area contributed by atoms with Crippen molar-refractivity contribution < 1.29 is 9.13 Å². The highest BCUT2D eigenvalue weighted by molar-refractivity contribution is 5.85. The van der Waals surface area contributed by atoms with Gasteiger partial charge in [0.1, 0.15) is 0 Å². The average molecular weight is 308 g/mol. The first-order valence-corrected chi connectivity index (χ1v) is 6.82. The Labute approximate surface area is 130 Å². The molecule has 0 aromatic heterocycles. The second kappa shape index (κ2) is 6.04. The van der Waals surface area contributed by atoms with Gasteiger partial charge in [-0.2, -0.15) is 0 Å². The second-order valence-electron chi connectivity index (χ2n) is 5.23. The van der Waals surface area contributed by atoms with Crippen LogP contribution in [-0.2, 0) is 5.54 Å². The molecule has 0 radical (unpaired) electrons. The highest BCUT2D eigenvalue weighted by Crippen LogP contribution is 2.46. The van der Waals surface area contributed by atoms with E-state index < -0.39 is 0 Å². The molecular formula is C17H19ClFNO. The van der Waals surface area contributed by atoms with Crippen molar-refractivity contribution in [1.29, 1.82) is 0 Å². The first-order chi connectivity index (χ1) is 9.70. The largest absolute Gasteiger partial charge is 0.494 e. The molecule has 0 atom stereocenters. The highest BCUT2D eigenvalue weighted by atomic mass is 35.5. The summed E-state index contributed by atoms with van der Waals surface area (Å²) < 4.78 is 19.4. The predicted octanol–water partition coefficient (Wildman–Crippen LogP) is 4.13. The molecule has 1 fully saturated rings. The molecule has 0 saturated heterocycles. The first-order valence-electron chi connectivity index (χ1n) is 6.82. The van der Waals surface area contributed by atoms with Crippen molar-refractivity contribution in [2.24, 2.45) is 0 Å². The molecule has 0 bridgehead atoms. The summed E-state index contributed by atoms with van der Waals surface area (Å²) in [6.07, 6.45) is 2.26. The molecular weight excluding hydrogens is 289 g/mol. The van der Waals surface area contributed by atoms with E-state index in [1.54, 1.807) is 12.1 Å². The molecule has 0 aliphatic heterocycles. The molecule has 2 nitrogen and oxygen atoms in total. The number of hydrogen-bond donors (Lipinski definition) is 1. The van der Waals surface area contributed by atoms with Gasteiger partial charge in [0.15, 0.2) is 11.6 Å². The molecule has 0 heterocycles. The Bertz CT molecular complexity index is 640. The fourth-order valence-electron chi connectivity index (χ4n) is 2.68. The molecule has 21 heavy (non-hydrogen) atoms. The van der Waals surface area contributed by atoms with Crippen molar-refractivity contribution in [3.05, 3.63) is 53.8 Å². The Morgan fingerprint density at radius 1 is 1.14 bits per heavy atom. The molecule has 2 aromatic carbocycles. The van der Waals surface area contributed by atoms with Crippen LogP contribution in [0.25, 0.3) is 11.1 Å². The minimum Gasteiger partial charge on any atom is -0.494 e. The van der Waals surface area contributed by atoms with Gasteiger partial charge in [0.05, 0.1) is 7.11 Å². The number of benzene rings is 2. The normalized spacial score (nSPS) is 15.2. The van der Waals surface area contributed by atoms with Crippen molar-refractivity contribution in [1.82, 2.24) is 5.32 Å². The van der Waals surface area contributed by atoms with Crippen LogP contribution in [0.4, 0.5) is 4.39 Å². The lowest BCUT2D eigenvalue weighted by Crippen LogP contribution is -2.24. The lowest BCUT2D eigenvalue weighted by Gasteiger charge is -2.16. The standard InChI is InChI=1S/C17H18FNO.ClH/c1-19-17(9-10-17)13-6-3-5-12(11-13)14-7-4-8-15(20-2)16(14)18;/h3-8,11,19H,9-10H2,1-2H3;1H. The van der Waals surface area contributed by atoms with Crippen molar-refractivity contribution in [2.75, 3.05) is 14.2 Å². The Balaban J connectivity index is 0.00000161. The number of ether oxygens (including phenoxy) is 1. The van der Waals surface area contributed by atoms with Gasteiger partial charge in [0.25, 0.3) is 0 Å². The monoisotopic (exact) mass is 307 g/mol. The topological polar surface area (TPSA) is 21.3 Å². The van der Waals surface area contributed by atoms with Gasteiger partial charge in [0, 0.05) is 11.1 Å². The van der Waals surface area contributed by atoms with E-state index in [0.717, 1.165) is 18.4 Å². The average Bonchev–Trinajstić information content (AvgIpc) is 3.29. The number of nitrogens with one attached hydrogen (secondary N) is 1. The molecule has 1 aliphatic rings. The molecule has 4 heteroatoms. The summed E-state index contributed by atoms with van der Waals surface area (Å²) in [7, 11) is 3.46. The van der Waals surface area contributed by atoms with Crippen LogP contribution in [0.3, 0.4) is 0 Å². The minimum atomic E-state index is -0.304. The number of hydrogen-bond acceptors (Lipinski definition) is 2. The van der Waals surface area contributed by atoms with Crippen LogP contribution in [-0.4, -0.2) is 14.2 Å². The summed E-state index contributed by atoms with van der Waals surface area (Å²) in [5, 5.41) is 3.37. The lowest BCUT2D eigenvalue weighted by molar-refractivity contribution is 0.387. The zero-order valence-electron chi connectivity index (χ0n) is 12.2. The van der Waals surface area contributed by atoms with E-state index in [0.29, 0.717) is 5.56 Å². The van der Waals surface area contributed by atoms with Crippen LogP contribution in [0.1, 0.15) is 18.4 Å². The van der Waals surface area contributed by atoms with Crippen LogP contribution < -0.4 is 10.1 Å². The molecule has 3 rings (SSSR count). The number of methoxy groups -OCH3 is 1. The van der Waals surface area contributed by atoms with Gasteiger partial charge >= 0.3 is 0 Å². The summed E-state index contributed by atoms with van der Waals surface area (Å²) in [4.78, 5) is 0. The maximum absolute atomic E-state index is 14.3. The minimum absolute atomic E-state index is 0. The molecule has 0 amide bonds. The molecule has 0 unspecified atom stereocenters. The van der Waals surface area contributed by atoms with E-state index in [9.17, 15) is 4.39 Å². The quantitative estimate of drug-likeness (QED) is 0.917. The van der Waals surface area contributed by atoms with Gasteiger partial charge in [-0.3, -0.25) is 0 Å². The van der Waals surface area contributed by atoms with Gasteiger partial charge in [-0.25, -0.2) is 4.39 Å². The van der Waals surface area contributed by atoms with Gasteiger partial charge in [-0.1, -0.05) is 30.3 Å². The lowest BCUT2D eigenvalue weighted by atomic mass is 9.98. The van der Waals surface area contributed by atoms with Crippen LogP contribution in [0.2, 0.25) is 0 Å². The Hall–Kier alpha value is -1.58. The van der Waals surface area contributed by atoms with Crippen molar-refractivity contribution in [2.45, 2.75) is 18.4 Å². The van der Waals surface area contributed by atoms with Crippen molar-refractivity contribution in [3.63, 3.8) is 0 Å². The highest BCUT2D eigenvalue weighted by Gasteiger charge is 2.42. The summed E-state index contributed by atoms with van der Waals surface area (Å²) in [5.74, 6) is -0.0240. The Kier molecular flexibility index (Phi) is 4.55. The third-order valence-corrected chi connectivity index (χ3v) is 4.14. The molecule has 2 aromatic rings. The predicted molar refractivity (Wildman–Crippen MR) is 85.6 cm³/mol. The maximum atomic E-state index is 14.3. The smallest absolute Gasteiger partial charge is 0.172 e. The summed E-state index contributed by atoms with van der Waals surface area (Å²) >= 11 is 0. The van der Waals surface area contributed by atoms with Gasteiger partial charge in [-0.05, 0) is 43.1 Å². The van der Waals surface area contributed by atoms with Crippen LogP contribution in [0.15, 0.2) is 42.5 Å². The van der Waals surface area contributed by atoms with Crippen molar-refractivity contribution in [3.8, 4) is 16.9 Å². The van der Waals surface area contributed by atoms with Crippen LogP contribution in [0.5, 0.6) is 5.75 Å². The Morgan fingerprint density at radius 2 is 1.86 bits per heavy atom. The summed E-state index contributed by atoms with van der Waals surface area (Å²) in [6, 6.07) is 13.3. The molecule has 1 saturated carbocycles. The third-order valence-electron chi connectivity index (χ3n) is 4.14. The zero-order chi connectivity index (χ0) is 14.2. The molecule has 0 spiro atoms. The van der Waals surface area contributed by atoms with Crippen LogP contribution in [0, 0.1) is 5.82 Å². The molecule has 1 aliphatic carbocycles. The number of rotatable bonds is 4. The fourth-order valence-corrected chi connectivity index (χ4v) is 2.68. The van der Waals surface area contributed by atoms with Gasteiger partial charge in [0.2, 0.25) is 0 Å². The number of halogens is 2. The van der Waals surface area contributed by atoms with E-state index in [2.05, 4.69) is 17.4 Å². The van der Waals surface area contributed by atoms with E-state index in [1.807, 2.05) is 25.2 Å². The van der Waals surface area contributed by atoms with Gasteiger partial charge in [-0.15, -0.1) is 12.4 Å². The summed E-state index contributed by atoms with van der Waals surface area (Å²) in [6.45, 7) is 0. The van der Waals surface area contributed by atoms with E-state index in [4.69, 9.17) is 4.74 Å².